The summed E-state index contributed by atoms with van der Waals surface area (Å²) in [4.78, 5) is 4.06. The standard InChI is InChI=1S/C8H11FN4OS/c9-4-6-3-8(15)13-7(10-6)5-12(11-13)1-2-14/h3,5,11,14-15H,1-2,4H2. The smallest absolute Gasteiger partial charge is 0.167 e. The van der Waals surface area contributed by atoms with Crippen molar-refractivity contribution in [2.75, 3.05) is 19.8 Å². The van der Waals surface area contributed by atoms with E-state index >= 15 is 0 Å². The summed E-state index contributed by atoms with van der Waals surface area (Å²) in [7, 11) is 0. The molecule has 0 amide bonds. The van der Waals surface area contributed by atoms with Crippen molar-refractivity contribution in [3.05, 3.63) is 23.1 Å². The van der Waals surface area contributed by atoms with Crippen molar-refractivity contribution in [1.82, 2.24) is 15.6 Å². The van der Waals surface area contributed by atoms with E-state index in [2.05, 4.69) is 23.2 Å². The molecule has 0 spiro atoms. The highest BCUT2D eigenvalue weighted by Crippen LogP contribution is 2.24. The molecular weight excluding hydrogens is 219 g/mol. The van der Waals surface area contributed by atoms with Gasteiger partial charge in [-0.15, -0.1) is 18.2 Å². The third-order valence-electron chi connectivity index (χ3n) is 1.99. The number of aliphatic hydroxyl groups excluding tert-OH is 1. The molecule has 0 unspecified atom stereocenters. The Hall–Kier alpha value is -1.05. The number of aliphatic imine (C=N–C) groups is 1. The van der Waals surface area contributed by atoms with Crippen LogP contribution in [0.2, 0.25) is 0 Å². The molecule has 2 aliphatic heterocycles. The van der Waals surface area contributed by atoms with Crippen LogP contribution >= 0.6 is 12.6 Å². The van der Waals surface area contributed by atoms with Crippen LogP contribution in [0.1, 0.15) is 0 Å². The van der Waals surface area contributed by atoms with Gasteiger partial charge in [-0.25, -0.2) is 14.4 Å². The number of fused-ring (bicyclic) bond motifs is 1. The Bertz CT molecular complexity index is 355. The van der Waals surface area contributed by atoms with Crippen LogP contribution in [0.15, 0.2) is 28.1 Å². The summed E-state index contributed by atoms with van der Waals surface area (Å²) in [6.07, 6.45) is 3.24. The quantitative estimate of drug-likeness (QED) is 0.598. The van der Waals surface area contributed by atoms with Crippen LogP contribution in [0.5, 0.6) is 0 Å². The first-order valence-electron chi connectivity index (χ1n) is 4.44. The molecule has 7 heteroatoms. The summed E-state index contributed by atoms with van der Waals surface area (Å²) >= 11 is 4.20. The Balaban J connectivity index is 2.19. The van der Waals surface area contributed by atoms with Gasteiger partial charge in [0.25, 0.3) is 0 Å². The van der Waals surface area contributed by atoms with Crippen molar-refractivity contribution in [3.63, 3.8) is 0 Å². The topological polar surface area (TPSA) is 51.1 Å². The molecule has 0 bridgehead atoms. The van der Waals surface area contributed by atoms with Gasteiger partial charge in [0.1, 0.15) is 6.67 Å². The first-order valence-corrected chi connectivity index (χ1v) is 4.89. The largest absolute Gasteiger partial charge is 0.394 e. The third kappa shape index (κ3) is 1.99. The van der Waals surface area contributed by atoms with Crippen LogP contribution in [0, 0.1) is 0 Å². The van der Waals surface area contributed by atoms with Gasteiger partial charge < -0.3 is 5.11 Å². The Morgan fingerprint density at radius 3 is 3.07 bits per heavy atom. The van der Waals surface area contributed by atoms with Gasteiger partial charge in [0.2, 0.25) is 0 Å². The predicted molar refractivity (Wildman–Crippen MR) is 57.3 cm³/mol. The van der Waals surface area contributed by atoms with Gasteiger partial charge in [0.05, 0.1) is 30.1 Å². The second-order valence-electron chi connectivity index (χ2n) is 3.08. The lowest BCUT2D eigenvalue weighted by Crippen LogP contribution is -2.41. The molecule has 0 aromatic heterocycles. The minimum atomic E-state index is -0.616. The van der Waals surface area contributed by atoms with Crippen LogP contribution in [0.3, 0.4) is 0 Å². The Labute approximate surface area is 91.9 Å². The lowest BCUT2D eigenvalue weighted by molar-refractivity contribution is 0.137. The number of aliphatic hydroxyl groups is 1. The molecule has 0 aliphatic carbocycles. The van der Waals surface area contributed by atoms with E-state index in [-0.39, 0.29) is 6.61 Å². The van der Waals surface area contributed by atoms with E-state index in [0.717, 1.165) is 0 Å². The average molecular weight is 230 g/mol. The van der Waals surface area contributed by atoms with Crippen molar-refractivity contribution < 1.29 is 9.50 Å². The molecule has 2 heterocycles. The van der Waals surface area contributed by atoms with E-state index in [0.29, 0.717) is 23.1 Å². The minimum absolute atomic E-state index is 0.0237. The Kier molecular flexibility index (Phi) is 2.94. The first kappa shape index (κ1) is 10.5. The van der Waals surface area contributed by atoms with E-state index in [9.17, 15) is 4.39 Å². The molecule has 0 saturated carbocycles. The number of halogens is 1. The molecule has 0 aromatic carbocycles. The number of hydrogen-bond acceptors (Lipinski definition) is 6. The summed E-state index contributed by atoms with van der Waals surface area (Å²) in [5.41, 5.74) is 3.27. The molecule has 0 saturated heterocycles. The van der Waals surface area contributed by atoms with Gasteiger partial charge in [-0.3, -0.25) is 5.01 Å². The maximum atomic E-state index is 12.4. The first-order chi connectivity index (χ1) is 7.24. The van der Waals surface area contributed by atoms with E-state index in [4.69, 9.17) is 5.11 Å². The number of rotatable bonds is 3. The fourth-order valence-corrected chi connectivity index (χ4v) is 1.63. The third-order valence-corrected chi connectivity index (χ3v) is 2.32. The zero-order chi connectivity index (χ0) is 10.8. The van der Waals surface area contributed by atoms with E-state index in [1.54, 1.807) is 22.3 Å². The van der Waals surface area contributed by atoms with Crippen LogP contribution in [-0.4, -0.2) is 40.7 Å². The second kappa shape index (κ2) is 4.21. The summed E-state index contributed by atoms with van der Waals surface area (Å²) < 4.78 is 12.4. The van der Waals surface area contributed by atoms with E-state index in [1.807, 2.05) is 0 Å². The summed E-state index contributed by atoms with van der Waals surface area (Å²) in [6.45, 7) is -0.160. The van der Waals surface area contributed by atoms with Crippen LogP contribution < -0.4 is 5.53 Å². The molecular formula is C8H11FN4OS. The van der Waals surface area contributed by atoms with Gasteiger partial charge >= 0.3 is 0 Å². The molecule has 2 rings (SSSR count). The summed E-state index contributed by atoms with van der Waals surface area (Å²) in [6, 6.07) is 0. The van der Waals surface area contributed by atoms with Crippen LogP contribution in [0.25, 0.3) is 0 Å². The Morgan fingerprint density at radius 2 is 2.40 bits per heavy atom. The SMILES string of the molecule is OCCN1C=C2N=C(CF)C=C(S)N2N1. The van der Waals surface area contributed by atoms with E-state index in [1.165, 1.54) is 0 Å². The van der Waals surface area contributed by atoms with Gasteiger partial charge in [-0.2, -0.15) is 0 Å². The minimum Gasteiger partial charge on any atom is -0.394 e. The molecule has 2 aliphatic rings. The number of allylic oxidation sites excluding steroid dienone is 1. The number of thiol groups is 1. The fourth-order valence-electron chi connectivity index (χ4n) is 1.34. The molecule has 0 atom stereocenters. The van der Waals surface area contributed by atoms with Crippen molar-refractivity contribution in [2.45, 2.75) is 0 Å². The molecule has 82 valence electrons. The monoisotopic (exact) mass is 230 g/mol. The van der Waals surface area contributed by atoms with Gasteiger partial charge in [-0.1, -0.05) is 0 Å². The maximum Gasteiger partial charge on any atom is 0.167 e. The van der Waals surface area contributed by atoms with Crippen molar-refractivity contribution in [3.8, 4) is 0 Å². The van der Waals surface area contributed by atoms with Gasteiger partial charge in [0, 0.05) is 0 Å². The molecule has 2 N–H and O–H groups in total. The molecule has 0 aromatic rings. The fraction of sp³-hybridized carbons (Fsp3) is 0.375. The summed E-state index contributed by atoms with van der Waals surface area (Å²) in [5.74, 6) is 0.573. The molecule has 0 radical (unpaired) electrons. The molecule has 0 fully saturated rings. The number of β-amino-alcohol motifs (C(OH)–C–C–N with tert-alkyl or cyclic N) is 1. The van der Waals surface area contributed by atoms with E-state index < -0.39 is 6.67 Å². The lowest BCUT2D eigenvalue weighted by atomic mass is 10.3. The normalized spacial score (nSPS) is 19.8. The molecule has 5 nitrogen and oxygen atoms in total. The van der Waals surface area contributed by atoms with Gasteiger partial charge in [-0.05, 0) is 6.08 Å². The Morgan fingerprint density at radius 1 is 1.60 bits per heavy atom. The maximum absolute atomic E-state index is 12.4. The number of alkyl halides is 1. The highest BCUT2D eigenvalue weighted by atomic mass is 32.1. The second-order valence-corrected chi connectivity index (χ2v) is 3.54. The van der Waals surface area contributed by atoms with Gasteiger partial charge in [0.15, 0.2) is 5.82 Å². The lowest BCUT2D eigenvalue weighted by Gasteiger charge is -2.24. The highest BCUT2D eigenvalue weighted by Gasteiger charge is 2.25. The average Bonchev–Trinajstić information content (AvgIpc) is 2.61. The van der Waals surface area contributed by atoms with Crippen molar-refractivity contribution in [1.29, 1.82) is 0 Å². The highest BCUT2D eigenvalue weighted by molar-refractivity contribution is 7.84. The number of nitrogens with zero attached hydrogens (tertiary/aromatic N) is 3. The number of nitrogens with one attached hydrogen (secondary N) is 1. The summed E-state index contributed by atoms with van der Waals surface area (Å²) in [5, 5.41) is 12.6. The van der Waals surface area contributed by atoms with Crippen molar-refractivity contribution in [2.24, 2.45) is 4.99 Å². The van der Waals surface area contributed by atoms with Crippen molar-refractivity contribution >= 4 is 18.3 Å². The zero-order valence-corrected chi connectivity index (χ0v) is 8.78. The number of hydrazine groups is 2. The van der Waals surface area contributed by atoms with Crippen LogP contribution in [0.4, 0.5) is 4.39 Å². The molecule has 15 heavy (non-hydrogen) atoms. The van der Waals surface area contributed by atoms with Crippen LogP contribution in [-0.2, 0) is 0 Å². The zero-order valence-electron chi connectivity index (χ0n) is 7.89. The predicted octanol–water partition coefficient (Wildman–Crippen LogP) is 0.0101. The number of hydrogen-bond donors (Lipinski definition) is 3.